The van der Waals surface area contributed by atoms with Crippen LogP contribution in [-0.4, -0.2) is 19.9 Å². The molecule has 0 saturated carbocycles. The molecule has 0 radical (unpaired) electrons. The molecule has 9 rings (SSSR count). The van der Waals surface area contributed by atoms with Gasteiger partial charge in [0.2, 0.25) is 0 Å². The molecule has 0 atom stereocenters. The fourth-order valence-electron chi connectivity index (χ4n) is 4.54. The Balaban J connectivity index is 0.000000176. The Labute approximate surface area is 323 Å². The van der Waals surface area contributed by atoms with Gasteiger partial charge in [0.1, 0.15) is 0 Å². The molecule has 7 aromatic rings. The number of nitrogen functional groups attached to an aromatic ring is 4. The number of hydrogen-bond acceptors (Lipinski definition) is 6. The summed E-state index contributed by atoms with van der Waals surface area (Å²) in [4.78, 5) is 16.0. The van der Waals surface area contributed by atoms with Crippen molar-refractivity contribution in [2.24, 2.45) is 0 Å². The molecule has 0 unspecified atom stereocenters. The number of rotatable bonds is 0. The zero-order valence-electron chi connectivity index (χ0n) is 28.7. The molecule has 0 aliphatic carbocycles. The van der Waals surface area contributed by atoms with Crippen LogP contribution in [0, 0.1) is 24.3 Å². The van der Waals surface area contributed by atoms with E-state index in [2.05, 4.69) is 74.5 Å². The van der Waals surface area contributed by atoms with Gasteiger partial charge in [0.15, 0.2) is 0 Å². The second-order valence-corrected chi connectivity index (χ2v) is 11.2. The Morgan fingerprint density at radius 3 is 0.830 bits per heavy atom. The molecule has 0 saturated heterocycles. The number of H-pyrrole nitrogens is 2. The number of nitrogens with zero attached hydrogens (tertiary/aromatic N) is 2. The van der Waals surface area contributed by atoms with Gasteiger partial charge in [-0.1, -0.05) is 22.7 Å². The molecule has 3 aromatic heterocycles. The second kappa shape index (κ2) is 20.9. The minimum absolute atomic E-state index is 0. The molecule has 8 nitrogen and oxygen atoms in total. The minimum Gasteiger partial charge on any atom is -0.419 e. The molecule has 10 N–H and O–H groups in total. The molecule has 9 heteroatoms. The Morgan fingerprint density at radius 2 is 0.585 bits per heavy atom. The first kappa shape index (κ1) is 39.1. The van der Waals surface area contributed by atoms with Crippen molar-refractivity contribution in [3.05, 3.63) is 193 Å². The summed E-state index contributed by atoms with van der Waals surface area (Å²) in [5.41, 5.74) is 32.4. The maximum atomic E-state index is 5.34. The van der Waals surface area contributed by atoms with Gasteiger partial charge in [-0.2, -0.15) is 72.8 Å². The van der Waals surface area contributed by atoms with Crippen LogP contribution >= 0.6 is 0 Å². The van der Waals surface area contributed by atoms with Crippen LogP contribution < -0.4 is 22.9 Å². The van der Waals surface area contributed by atoms with Crippen LogP contribution in [-0.2, 0) is 20.4 Å². The van der Waals surface area contributed by atoms with Gasteiger partial charge in [-0.3, -0.25) is 0 Å². The Hall–Kier alpha value is -6.66. The third-order valence-electron chi connectivity index (χ3n) is 7.02. The van der Waals surface area contributed by atoms with Crippen LogP contribution in [0.4, 0.5) is 22.7 Å². The van der Waals surface area contributed by atoms with Gasteiger partial charge in [-0.25, -0.2) is 9.97 Å². The molecule has 2 aliphatic rings. The van der Waals surface area contributed by atoms with Gasteiger partial charge in [-0.15, -0.1) is 48.5 Å². The topological polar surface area (TPSA) is 161 Å². The molecule has 0 amide bonds. The quantitative estimate of drug-likeness (QED) is 0.0511. The Kier molecular flexibility index (Phi) is 15.4. The fraction of sp³-hybridized carbons (Fsp3) is 0. The van der Waals surface area contributed by atoms with Crippen molar-refractivity contribution in [1.29, 1.82) is 0 Å². The summed E-state index contributed by atoms with van der Waals surface area (Å²) in [6.07, 6.45) is 8.05. The summed E-state index contributed by atoms with van der Waals surface area (Å²) in [7, 11) is 0. The van der Waals surface area contributed by atoms with Crippen LogP contribution in [0.25, 0.3) is 46.4 Å². The monoisotopic (exact) mass is 784 g/mol. The first-order chi connectivity index (χ1) is 25.4. The number of hydrogen-bond donors (Lipinski definition) is 6. The van der Waals surface area contributed by atoms with Crippen LogP contribution in [0.2, 0.25) is 0 Å². The van der Waals surface area contributed by atoms with Crippen LogP contribution in [0.1, 0.15) is 22.8 Å². The summed E-state index contributed by atoms with van der Waals surface area (Å²) >= 11 is 0. The third kappa shape index (κ3) is 14.2. The number of nitrogens with one attached hydrogen (secondary N) is 2. The van der Waals surface area contributed by atoms with E-state index >= 15 is 0 Å². The molecule has 4 aromatic carbocycles. The molecular weight excluding hydrogens is 747 g/mol. The first-order valence-electron chi connectivity index (χ1n) is 16.3. The summed E-state index contributed by atoms with van der Waals surface area (Å²) < 4.78 is 0. The van der Waals surface area contributed by atoms with Crippen molar-refractivity contribution in [3.63, 3.8) is 0 Å². The van der Waals surface area contributed by atoms with E-state index in [0.717, 1.165) is 67.6 Å². The zero-order chi connectivity index (χ0) is 36.4. The molecular formula is C44H38N8Pd-4. The van der Waals surface area contributed by atoms with Gasteiger partial charge in [-0.05, 0) is 72.8 Å². The molecule has 0 spiro atoms. The van der Waals surface area contributed by atoms with Crippen LogP contribution in [0.3, 0.4) is 0 Å². The van der Waals surface area contributed by atoms with Crippen molar-refractivity contribution < 1.29 is 20.4 Å². The van der Waals surface area contributed by atoms with Crippen molar-refractivity contribution in [3.8, 4) is 0 Å². The maximum absolute atomic E-state index is 5.34. The van der Waals surface area contributed by atoms with E-state index < -0.39 is 0 Å². The molecule has 53 heavy (non-hydrogen) atoms. The van der Waals surface area contributed by atoms with Crippen LogP contribution in [0.5, 0.6) is 0 Å². The summed E-state index contributed by atoms with van der Waals surface area (Å²) in [6, 6.07) is 56.6. The molecule has 268 valence electrons. The third-order valence-corrected chi connectivity index (χ3v) is 7.02. The number of nitrogens with two attached hydrogens (primary N) is 4. The summed E-state index contributed by atoms with van der Waals surface area (Å²) in [5.74, 6) is 0. The van der Waals surface area contributed by atoms with E-state index in [1.54, 1.807) is 97.1 Å². The van der Waals surface area contributed by atoms with E-state index in [-0.39, 0.29) is 20.4 Å². The number of anilines is 4. The largest absolute Gasteiger partial charge is 0.419 e. The smallest absolute Gasteiger partial charge is 0.0659 e. The van der Waals surface area contributed by atoms with E-state index in [1.165, 1.54) is 0 Å². The minimum atomic E-state index is 0. The van der Waals surface area contributed by atoms with Gasteiger partial charge >= 0.3 is 0 Å². The Bertz CT molecular complexity index is 2100. The normalized spacial score (nSPS) is 10.3. The fourth-order valence-corrected chi connectivity index (χ4v) is 4.54. The van der Waals surface area contributed by atoms with Gasteiger partial charge in [0.05, 0.1) is 22.8 Å². The van der Waals surface area contributed by atoms with Gasteiger partial charge in [0, 0.05) is 42.5 Å². The molecule has 8 bridgehead atoms. The van der Waals surface area contributed by atoms with Crippen molar-refractivity contribution in [2.45, 2.75) is 0 Å². The van der Waals surface area contributed by atoms with Crippen molar-refractivity contribution in [1.82, 2.24) is 19.9 Å². The molecule has 5 heterocycles. The number of fused-ring (bicyclic) bond motifs is 8. The van der Waals surface area contributed by atoms with E-state index in [4.69, 9.17) is 22.9 Å². The van der Waals surface area contributed by atoms with Crippen molar-refractivity contribution in [2.75, 3.05) is 22.9 Å². The average molecular weight is 785 g/mol. The van der Waals surface area contributed by atoms with Crippen LogP contribution in [0.15, 0.2) is 146 Å². The number of aromatic nitrogens is 4. The van der Waals surface area contributed by atoms with Crippen molar-refractivity contribution >= 4 is 69.1 Å². The van der Waals surface area contributed by atoms with E-state index in [1.807, 2.05) is 42.5 Å². The second-order valence-electron chi connectivity index (χ2n) is 11.2. The first-order valence-corrected chi connectivity index (χ1v) is 16.3. The number of aromatic amines is 2. The van der Waals surface area contributed by atoms with E-state index in [9.17, 15) is 0 Å². The Morgan fingerprint density at radius 1 is 0.340 bits per heavy atom. The average Bonchev–Trinajstić information content (AvgIpc) is 3.98. The van der Waals surface area contributed by atoms with Gasteiger partial charge in [0.25, 0.3) is 0 Å². The number of benzene rings is 4. The predicted octanol–water partition coefficient (Wildman–Crippen LogP) is 8.93. The predicted molar refractivity (Wildman–Crippen MR) is 218 cm³/mol. The molecule has 0 fully saturated rings. The summed E-state index contributed by atoms with van der Waals surface area (Å²) in [6.45, 7) is 0. The summed E-state index contributed by atoms with van der Waals surface area (Å²) in [5, 5.41) is 0. The standard InChI is InChI=1S/C20H14N4.4C6H6N.Pd/c1-2-14-10-16-5-6-18(23-16)12-20-8-7-19(24-20)11-17-4-3-15(22-17)9-13(1)21-14;4*7-6-4-2-1-3-5-6;/h1-12,21-22H;4*2-5H,7H2;/q;4*-1;. The maximum Gasteiger partial charge on any atom is 0.0659 e. The SMILES string of the molecule is C1=Cc2cc3ccc(cc4ccc(cc5nc(cc1n2)C=C5)[nH]4)[nH]3.Nc1cc[c-]cc1.Nc1cc[c-]cc1.Nc1cc[c-]cc1.Nc1cc[c-]cc1.[Pd]. The zero-order valence-corrected chi connectivity index (χ0v) is 30.2. The van der Waals surface area contributed by atoms with E-state index in [0.29, 0.717) is 0 Å². The molecule has 2 aliphatic heterocycles. The van der Waals surface area contributed by atoms with Gasteiger partial charge < -0.3 is 32.9 Å².